The van der Waals surface area contributed by atoms with Gasteiger partial charge in [0, 0.05) is 24.3 Å². The Morgan fingerprint density at radius 1 is 1.35 bits per heavy atom. The van der Waals surface area contributed by atoms with Crippen molar-refractivity contribution in [2.24, 2.45) is 0 Å². The van der Waals surface area contributed by atoms with Crippen LogP contribution in [0.3, 0.4) is 0 Å². The van der Waals surface area contributed by atoms with Gasteiger partial charge in [-0.05, 0) is 12.1 Å². The number of thiazole rings is 1. The van der Waals surface area contributed by atoms with E-state index in [1.807, 2.05) is 0 Å². The molecule has 122 valence electrons. The van der Waals surface area contributed by atoms with Crippen molar-refractivity contribution in [3.63, 3.8) is 0 Å². The second-order valence-electron chi connectivity index (χ2n) is 5.19. The van der Waals surface area contributed by atoms with E-state index in [9.17, 15) is 13.2 Å². The van der Waals surface area contributed by atoms with Crippen LogP contribution in [0.1, 0.15) is 23.9 Å². The Kier molecular flexibility index (Phi) is 4.47. The summed E-state index contributed by atoms with van der Waals surface area (Å²) in [7, 11) is -3.50. The molecule has 1 aliphatic rings. The number of amides is 1. The van der Waals surface area contributed by atoms with Crippen LogP contribution in [0.5, 0.6) is 0 Å². The monoisotopic (exact) mass is 351 g/mol. The fourth-order valence-corrected chi connectivity index (χ4v) is 4.93. The molecule has 1 N–H and O–H groups in total. The Morgan fingerprint density at radius 3 is 2.78 bits per heavy atom. The highest BCUT2D eigenvalue weighted by Crippen LogP contribution is 2.31. The third-order valence-corrected chi connectivity index (χ3v) is 6.50. The standard InChI is InChI=1S/C15H17N3O3S2/c1-2-14(19)17-15-16-12-8-9-18(10-13(12)22-15)23(20,21)11-6-4-3-5-7-11/h3-7H,2,8-10H2,1H3,(H,16,17,19). The summed E-state index contributed by atoms with van der Waals surface area (Å²) in [4.78, 5) is 17.0. The van der Waals surface area contributed by atoms with Crippen LogP contribution in [0.25, 0.3) is 0 Å². The van der Waals surface area contributed by atoms with Gasteiger partial charge in [-0.1, -0.05) is 25.1 Å². The number of benzene rings is 1. The van der Waals surface area contributed by atoms with E-state index in [2.05, 4.69) is 10.3 Å². The molecule has 0 bridgehead atoms. The van der Waals surface area contributed by atoms with Gasteiger partial charge in [-0.3, -0.25) is 4.79 Å². The van der Waals surface area contributed by atoms with Crippen molar-refractivity contribution in [3.05, 3.63) is 40.9 Å². The maximum atomic E-state index is 12.7. The number of carbonyl (C=O) groups excluding carboxylic acids is 1. The molecule has 0 atom stereocenters. The lowest BCUT2D eigenvalue weighted by Gasteiger charge is -2.25. The molecule has 0 aliphatic carbocycles. The molecule has 1 amide bonds. The number of fused-ring (bicyclic) bond motifs is 1. The summed E-state index contributed by atoms with van der Waals surface area (Å²) in [6, 6.07) is 8.43. The average molecular weight is 351 g/mol. The van der Waals surface area contributed by atoms with Gasteiger partial charge in [0.15, 0.2) is 5.13 Å². The number of nitrogens with zero attached hydrogens (tertiary/aromatic N) is 2. The molecule has 1 aromatic carbocycles. The minimum atomic E-state index is -3.50. The molecule has 23 heavy (non-hydrogen) atoms. The second kappa shape index (κ2) is 6.38. The predicted molar refractivity (Wildman–Crippen MR) is 88.8 cm³/mol. The quantitative estimate of drug-likeness (QED) is 0.916. The van der Waals surface area contributed by atoms with Gasteiger partial charge >= 0.3 is 0 Å². The van der Waals surface area contributed by atoms with Gasteiger partial charge in [0.2, 0.25) is 15.9 Å². The van der Waals surface area contributed by atoms with Crippen LogP contribution in [0.2, 0.25) is 0 Å². The number of carbonyl (C=O) groups is 1. The summed E-state index contributed by atoms with van der Waals surface area (Å²) >= 11 is 1.34. The van der Waals surface area contributed by atoms with Crippen molar-refractivity contribution >= 4 is 32.4 Å². The summed E-state index contributed by atoms with van der Waals surface area (Å²) in [5.74, 6) is -0.0927. The van der Waals surface area contributed by atoms with Crippen LogP contribution in [0, 0.1) is 0 Å². The molecule has 1 aromatic heterocycles. The largest absolute Gasteiger partial charge is 0.302 e. The van der Waals surface area contributed by atoms with Crippen LogP contribution in [0.15, 0.2) is 35.2 Å². The van der Waals surface area contributed by atoms with Gasteiger partial charge in [0.1, 0.15) is 0 Å². The Labute approximate surface area is 139 Å². The zero-order valence-electron chi connectivity index (χ0n) is 12.7. The third-order valence-electron chi connectivity index (χ3n) is 3.64. The number of aromatic nitrogens is 1. The molecule has 0 unspecified atom stereocenters. The molecule has 0 saturated heterocycles. The molecule has 1 aliphatic heterocycles. The summed E-state index contributed by atoms with van der Waals surface area (Å²) in [5, 5.41) is 3.28. The highest BCUT2D eigenvalue weighted by atomic mass is 32.2. The van der Waals surface area contributed by atoms with Crippen LogP contribution < -0.4 is 5.32 Å². The number of nitrogens with one attached hydrogen (secondary N) is 1. The van der Waals surface area contributed by atoms with Crippen LogP contribution in [-0.2, 0) is 27.8 Å². The van der Waals surface area contributed by atoms with Crippen molar-refractivity contribution in [3.8, 4) is 0 Å². The normalized spacial score (nSPS) is 15.2. The van der Waals surface area contributed by atoms with Crippen molar-refractivity contribution in [1.29, 1.82) is 0 Å². The Morgan fingerprint density at radius 2 is 2.09 bits per heavy atom. The number of hydrogen-bond acceptors (Lipinski definition) is 5. The first-order chi connectivity index (χ1) is 11.0. The Hall–Kier alpha value is -1.77. The van der Waals surface area contributed by atoms with E-state index in [1.54, 1.807) is 37.3 Å². The van der Waals surface area contributed by atoms with Gasteiger partial charge in [-0.2, -0.15) is 4.31 Å². The van der Waals surface area contributed by atoms with Gasteiger partial charge < -0.3 is 5.32 Å². The van der Waals surface area contributed by atoms with Crippen LogP contribution in [-0.4, -0.2) is 30.2 Å². The molecule has 8 heteroatoms. The predicted octanol–water partition coefficient (Wildman–Crippen LogP) is 2.24. The zero-order chi connectivity index (χ0) is 16.4. The lowest BCUT2D eigenvalue weighted by atomic mass is 10.2. The maximum absolute atomic E-state index is 12.7. The highest BCUT2D eigenvalue weighted by Gasteiger charge is 2.30. The van der Waals surface area contributed by atoms with Crippen LogP contribution in [0.4, 0.5) is 5.13 Å². The van der Waals surface area contributed by atoms with Gasteiger partial charge in [-0.15, -0.1) is 11.3 Å². The van der Waals surface area contributed by atoms with E-state index in [0.717, 1.165) is 10.6 Å². The van der Waals surface area contributed by atoms with E-state index in [1.165, 1.54) is 15.6 Å². The van der Waals surface area contributed by atoms with Gasteiger partial charge in [-0.25, -0.2) is 13.4 Å². The highest BCUT2D eigenvalue weighted by molar-refractivity contribution is 7.89. The molecule has 0 radical (unpaired) electrons. The van der Waals surface area contributed by atoms with E-state index in [-0.39, 0.29) is 5.91 Å². The van der Waals surface area contributed by atoms with E-state index in [0.29, 0.717) is 36.0 Å². The summed E-state index contributed by atoms with van der Waals surface area (Å²) in [6.07, 6.45) is 0.943. The molecule has 0 spiro atoms. The zero-order valence-corrected chi connectivity index (χ0v) is 14.3. The fourth-order valence-electron chi connectivity index (χ4n) is 2.38. The lowest BCUT2D eigenvalue weighted by Crippen LogP contribution is -2.35. The molecular weight excluding hydrogens is 334 g/mol. The van der Waals surface area contributed by atoms with Crippen molar-refractivity contribution < 1.29 is 13.2 Å². The van der Waals surface area contributed by atoms with E-state index < -0.39 is 10.0 Å². The SMILES string of the molecule is CCC(=O)Nc1nc2c(s1)CN(S(=O)(=O)c1ccccc1)CC2. The molecular formula is C15H17N3O3S2. The van der Waals surface area contributed by atoms with Gasteiger partial charge in [0.05, 0.1) is 17.1 Å². The molecule has 2 heterocycles. The first-order valence-corrected chi connectivity index (χ1v) is 9.60. The number of rotatable bonds is 4. The second-order valence-corrected chi connectivity index (χ2v) is 8.21. The number of hydrogen-bond donors (Lipinski definition) is 1. The van der Waals surface area contributed by atoms with Crippen molar-refractivity contribution in [2.75, 3.05) is 11.9 Å². The summed E-state index contributed by atoms with van der Waals surface area (Å²) < 4.78 is 26.8. The molecule has 2 aromatic rings. The topological polar surface area (TPSA) is 79.4 Å². The van der Waals surface area contributed by atoms with Crippen molar-refractivity contribution in [2.45, 2.75) is 31.2 Å². The Balaban J connectivity index is 1.82. The fraction of sp³-hybridized carbons (Fsp3) is 0.333. The van der Waals surface area contributed by atoms with Crippen molar-refractivity contribution in [1.82, 2.24) is 9.29 Å². The number of anilines is 1. The summed E-state index contributed by atoms with van der Waals surface area (Å²) in [5.41, 5.74) is 0.876. The minimum absolute atomic E-state index is 0.0927. The lowest BCUT2D eigenvalue weighted by molar-refractivity contribution is -0.115. The first kappa shape index (κ1) is 16.1. The van der Waals surface area contributed by atoms with Gasteiger partial charge in [0.25, 0.3) is 0 Å². The molecule has 6 nitrogen and oxygen atoms in total. The van der Waals surface area contributed by atoms with E-state index in [4.69, 9.17) is 0 Å². The molecule has 3 rings (SSSR count). The average Bonchev–Trinajstić information content (AvgIpc) is 2.96. The smallest absolute Gasteiger partial charge is 0.243 e. The summed E-state index contributed by atoms with van der Waals surface area (Å²) in [6.45, 7) is 2.47. The Bertz CT molecular complexity index is 816. The number of sulfonamides is 1. The van der Waals surface area contributed by atoms with Crippen LogP contribution >= 0.6 is 11.3 Å². The maximum Gasteiger partial charge on any atom is 0.243 e. The van der Waals surface area contributed by atoms with E-state index >= 15 is 0 Å². The molecule has 0 saturated carbocycles. The molecule has 0 fully saturated rings. The third kappa shape index (κ3) is 3.29. The minimum Gasteiger partial charge on any atom is -0.302 e. The first-order valence-electron chi connectivity index (χ1n) is 7.34.